The average Bonchev–Trinajstić information content (AvgIpc) is 2.42. The molecule has 0 aromatic heterocycles. The van der Waals surface area contributed by atoms with Crippen molar-refractivity contribution in [2.24, 2.45) is 5.73 Å². The Labute approximate surface area is 118 Å². The summed E-state index contributed by atoms with van der Waals surface area (Å²) < 4.78 is 5.55. The number of nitrogens with two attached hydrogens (primary N) is 1. The second-order valence-electron chi connectivity index (χ2n) is 4.70. The molecule has 3 nitrogen and oxygen atoms in total. The molecule has 3 heteroatoms. The van der Waals surface area contributed by atoms with E-state index in [4.69, 9.17) is 10.5 Å². The van der Waals surface area contributed by atoms with E-state index in [1.807, 2.05) is 50.2 Å². The van der Waals surface area contributed by atoms with Crippen LogP contribution in [0.2, 0.25) is 0 Å². The van der Waals surface area contributed by atoms with Gasteiger partial charge in [0.25, 0.3) is 5.91 Å². The smallest absolute Gasteiger partial charge is 0.284 e. The van der Waals surface area contributed by atoms with E-state index in [9.17, 15) is 4.79 Å². The number of carbonyl (C=O) groups is 1. The maximum absolute atomic E-state index is 11.5. The monoisotopic (exact) mass is 267 g/mol. The Bertz CT molecular complexity index is 625. The van der Waals surface area contributed by atoms with Gasteiger partial charge in [0, 0.05) is 0 Å². The van der Waals surface area contributed by atoms with Gasteiger partial charge in [-0.2, -0.15) is 0 Å². The van der Waals surface area contributed by atoms with Gasteiger partial charge in [0.15, 0.2) is 5.76 Å². The molecule has 0 radical (unpaired) electrons. The Morgan fingerprint density at radius 3 is 1.95 bits per heavy atom. The van der Waals surface area contributed by atoms with Gasteiger partial charge < -0.3 is 10.5 Å². The molecule has 0 atom stereocenters. The van der Waals surface area contributed by atoms with Gasteiger partial charge in [-0.25, -0.2) is 0 Å². The first-order chi connectivity index (χ1) is 9.54. The van der Waals surface area contributed by atoms with Crippen LogP contribution in [0.4, 0.5) is 0 Å². The van der Waals surface area contributed by atoms with Gasteiger partial charge in [-0.15, -0.1) is 0 Å². The van der Waals surface area contributed by atoms with E-state index in [2.05, 4.69) is 0 Å². The van der Waals surface area contributed by atoms with Gasteiger partial charge in [0.1, 0.15) is 5.75 Å². The van der Waals surface area contributed by atoms with Crippen molar-refractivity contribution in [2.75, 3.05) is 0 Å². The molecule has 2 aromatic rings. The molecule has 0 saturated heterocycles. The predicted molar refractivity (Wildman–Crippen MR) is 80.2 cm³/mol. The summed E-state index contributed by atoms with van der Waals surface area (Å²) in [5, 5.41) is 0. The van der Waals surface area contributed by atoms with Crippen LogP contribution in [0.1, 0.15) is 16.7 Å². The van der Waals surface area contributed by atoms with E-state index in [1.54, 1.807) is 18.2 Å². The molecular formula is C17H17NO2. The summed E-state index contributed by atoms with van der Waals surface area (Å²) >= 11 is 0. The van der Waals surface area contributed by atoms with E-state index in [0.29, 0.717) is 5.75 Å². The van der Waals surface area contributed by atoms with Crippen molar-refractivity contribution in [3.8, 4) is 5.75 Å². The number of benzene rings is 2. The van der Waals surface area contributed by atoms with Gasteiger partial charge in [-0.05, 0) is 37.6 Å². The molecule has 0 bridgehead atoms. The van der Waals surface area contributed by atoms with Crippen LogP contribution >= 0.6 is 0 Å². The van der Waals surface area contributed by atoms with Crippen molar-refractivity contribution < 1.29 is 9.53 Å². The Morgan fingerprint density at radius 2 is 1.45 bits per heavy atom. The molecule has 102 valence electrons. The van der Waals surface area contributed by atoms with Gasteiger partial charge in [-0.3, -0.25) is 4.79 Å². The molecular weight excluding hydrogens is 250 g/mol. The molecule has 2 aromatic carbocycles. The van der Waals surface area contributed by atoms with E-state index in [-0.39, 0.29) is 5.76 Å². The lowest BCUT2D eigenvalue weighted by atomic mass is 10.1. The fraction of sp³-hybridized carbons (Fsp3) is 0.118. The molecule has 20 heavy (non-hydrogen) atoms. The third-order valence-corrected chi connectivity index (χ3v) is 2.87. The van der Waals surface area contributed by atoms with Crippen LogP contribution in [0.25, 0.3) is 6.08 Å². The van der Waals surface area contributed by atoms with E-state index < -0.39 is 5.91 Å². The van der Waals surface area contributed by atoms with Gasteiger partial charge in [0.2, 0.25) is 0 Å². The summed E-state index contributed by atoms with van der Waals surface area (Å²) in [6.45, 7) is 3.99. The largest absolute Gasteiger partial charge is 0.452 e. The minimum Gasteiger partial charge on any atom is -0.452 e. The van der Waals surface area contributed by atoms with Crippen LogP contribution in [0.5, 0.6) is 5.75 Å². The fourth-order valence-corrected chi connectivity index (χ4v) is 1.70. The van der Waals surface area contributed by atoms with Crippen LogP contribution in [0.3, 0.4) is 0 Å². The molecule has 0 aliphatic carbocycles. The molecule has 2 rings (SSSR count). The Hall–Kier alpha value is -2.55. The Balaban J connectivity index is 2.25. The Kier molecular flexibility index (Phi) is 4.20. The zero-order chi connectivity index (χ0) is 14.5. The SMILES string of the molecule is Cc1ccc(/C=C(\Oc2ccc(C)cc2)C(N)=O)cc1. The summed E-state index contributed by atoms with van der Waals surface area (Å²) in [4.78, 5) is 11.5. The van der Waals surface area contributed by atoms with Crippen LogP contribution in [-0.4, -0.2) is 5.91 Å². The van der Waals surface area contributed by atoms with Crippen LogP contribution in [0.15, 0.2) is 54.3 Å². The lowest BCUT2D eigenvalue weighted by Crippen LogP contribution is -2.18. The average molecular weight is 267 g/mol. The highest BCUT2D eigenvalue weighted by Crippen LogP contribution is 2.17. The molecule has 1 amide bonds. The van der Waals surface area contributed by atoms with Crippen LogP contribution in [0, 0.1) is 13.8 Å². The molecule has 0 saturated carbocycles. The van der Waals surface area contributed by atoms with Gasteiger partial charge >= 0.3 is 0 Å². The standard InChI is InChI=1S/C17H17NO2/c1-12-3-7-14(8-4-12)11-16(17(18)19)20-15-9-5-13(2)6-10-15/h3-11H,1-2H3,(H2,18,19)/b16-11-. The van der Waals surface area contributed by atoms with Crippen molar-refractivity contribution in [3.05, 3.63) is 71.0 Å². The van der Waals surface area contributed by atoms with Crippen molar-refractivity contribution in [3.63, 3.8) is 0 Å². The zero-order valence-electron chi connectivity index (χ0n) is 11.6. The topological polar surface area (TPSA) is 52.3 Å². The molecule has 2 N–H and O–H groups in total. The molecule has 0 spiro atoms. The van der Waals surface area contributed by atoms with Crippen LogP contribution in [-0.2, 0) is 4.79 Å². The summed E-state index contributed by atoms with van der Waals surface area (Å²) in [5.74, 6) is 0.122. The number of aryl methyl sites for hydroxylation is 2. The van der Waals surface area contributed by atoms with E-state index >= 15 is 0 Å². The molecule has 0 heterocycles. The third kappa shape index (κ3) is 3.72. The normalized spacial score (nSPS) is 11.2. The molecule has 0 unspecified atom stereocenters. The zero-order valence-corrected chi connectivity index (χ0v) is 11.6. The molecule has 0 aliphatic heterocycles. The minimum absolute atomic E-state index is 0.123. The predicted octanol–water partition coefficient (Wildman–Crippen LogP) is 3.21. The first-order valence-electron chi connectivity index (χ1n) is 6.37. The maximum atomic E-state index is 11.5. The number of hydrogen-bond donors (Lipinski definition) is 1. The summed E-state index contributed by atoms with van der Waals surface area (Å²) in [6, 6.07) is 15.2. The number of rotatable bonds is 4. The third-order valence-electron chi connectivity index (χ3n) is 2.87. The quantitative estimate of drug-likeness (QED) is 0.683. The molecule has 0 aliphatic rings. The molecule has 0 fully saturated rings. The summed E-state index contributed by atoms with van der Waals surface area (Å²) in [5.41, 5.74) is 8.51. The van der Waals surface area contributed by atoms with Crippen molar-refractivity contribution >= 4 is 12.0 Å². The second-order valence-corrected chi connectivity index (χ2v) is 4.70. The number of carbonyl (C=O) groups excluding carboxylic acids is 1. The first kappa shape index (κ1) is 13.9. The van der Waals surface area contributed by atoms with Crippen molar-refractivity contribution in [1.29, 1.82) is 0 Å². The Morgan fingerprint density at radius 1 is 0.950 bits per heavy atom. The number of ether oxygens (including phenoxy) is 1. The van der Waals surface area contributed by atoms with Crippen LogP contribution < -0.4 is 10.5 Å². The highest BCUT2D eigenvalue weighted by molar-refractivity contribution is 5.95. The van der Waals surface area contributed by atoms with Crippen molar-refractivity contribution in [1.82, 2.24) is 0 Å². The van der Waals surface area contributed by atoms with E-state index in [0.717, 1.165) is 16.7 Å². The lowest BCUT2D eigenvalue weighted by molar-refractivity contribution is -0.116. The van der Waals surface area contributed by atoms with Gasteiger partial charge in [-0.1, -0.05) is 47.5 Å². The van der Waals surface area contributed by atoms with Crippen molar-refractivity contribution in [2.45, 2.75) is 13.8 Å². The lowest BCUT2D eigenvalue weighted by Gasteiger charge is -2.07. The number of hydrogen-bond acceptors (Lipinski definition) is 2. The highest BCUT2D eigenvalue weighted by atomic mass is 16.5. The van der Waals surface area contributed by atoms with E-state index in [1.165, 1.54) is 0 Å². The fourth-order valence-electron chi connectivity index (χ4n) is 1.70. The number of primary amides is 1. The number of amides is 1. The second kappa shape index (κ2) is 6.06. The maximum Gasteiger partial charge on any atom is 0.284 e. The van der Waals surface area contributed by atoms with Gasteiger partial charge in [0.05, 0.1) is 0 Å². The minimum atomic E-state index is -0.592. The summed E-state index contributed by atoms with van der Waals surface area (Å²) in [6.07, 6.45) is 1.64. The first-order valence-corrected chi connectivity index (χ1v) is 6.37. The highest BCUT2D eigenvalue weighted by Gasteiger charge is 2.08. The summed E-state index contributed by atoms with van der Waals surface area (Å²) in [7, 11) is 0.